The van der Waals surface area contributed by atoms with Gasteiger partial charge < -0.3 is 5.21 Å². The monoisotopic (exact) mass is 192 g/mol. The summed E-state index contributed by atoms with van der Waals surface area (Å²) in [6.07, 6.45) is 2.98. The summed E-state index contributed by atoms with van der Waals surface area (Å²) in [4.78, 5) is 4.03. The van der Waals surface area contributed by atoms with Gasteiger partial charge in [0.05, 0.1) is 6.20 Å². The average Bonchev–Trinajstić information content (AvgIpc) is 2.47. The minimum absolute atomic E-state index is 0.169. The Hall–Kier alpha value is -1.65. The number of fused-ring (bicyclic) bond motifs is 1. The van der Waals surface area contributed by atoms with Crippen molar-refractivity contribution in [3.63, 3.8) is 0 Å². The van der Waals surface area contributed by atoms with Gasteiger partial charge in [-0.2, -0.15) is 5.10 Å². The topological polar surface area (TPSA) is 57.7 Å². The minimum atomic E-state index is 0.169. The summed E-state index contributed by atoms with van der Waals surface area (Å²) in [6.45, 7) is 3.96. The molecule has 2 heterocycles. The highest BCUT2D eigenvalue weighted by Gasteiger charge is 2.17. The summed E-state index contributed by atoms with van der Waals surface area (Å²) < 4.78 is 2.48. The average molecular weight is 192 g/mol. The highest BCUT2D eigenvalue weighted by molar-refractivity contribution is 5.76. The van der Waals surface area contributed by atoms with E-state index in [1.54, 1.807) is 10.9 Å². The molecule has 0 bridgehead atoms. The first-order valence-electron chi connectivity index (χ1n) is 4.51. The Morgan fingerprint density at radius 2 is 2.21 bits per heavy atom. The van der Waals surface area contributed by atoms with Crippen LogP contribution < -0.4 is 4.73 Å². The summed E-state index contributed by atoms with van der Waals surface area (Å²) in [7, 11) is 1.81. The molecular weight excluding hydrogens is 180 g/mol. The van der Waals surface area contributed by atoms with Crippen LogP contribution >= 0.6 is 0 Å². The second kappa shape index (κ2) is 2.94. The van der Waals surface area contributed by atoms with Crippen molar-refractivity contribution >= 4 is 11.0 Å². The maximum Gasteiger partial charge on any atom is 0.292 e. The first kappa shape index (κ1) is 8.93. The molecule has 0 aromatic carbocycles. The van der Waals surface area contributed by atoms with Gasteiger partial charge in [0, 0.05) is 13.0 Å². The zero-order valence-corrected chi connectivity index (χ0v) is 8.43. The number of hydrogen-bond acceptors (Lipinski definition) is 3. The Bertz CT molecular complexity index is 475. The zero-order valence-electron chi connectivity index (χ0n) is 8.43. The molecule has 14 heavy (non-hydrogen) atoms. The molecule has 0 atom stereocenters. The molecule has 2 aromatic rings. The van der Waals surface area contributed by atoms with E-state index in [2.05, 4.69) is 10.1 Å². The summed E-state index contributed by atoms with van der Waals surface area (Å²) in [6, 6.07) is 0. The molecule has 0 N–H and O–H groups in total. The Morgan fingerprint density at radius 3 is 2.86 bits per heavy atom. The van der Waals surface area contributed by atoms with Gasteiger partial charge in [0.25, 0.3) is 12.0 Å². The molecule has 0 fully saturated rings. The van der Waals surface area contributed by atoms with Crippen molar-refractivity contribution in [3.8, 4) is 0 Å². The largest absolute Gasteiger partial charge is 0.711 e. The van der Waals surface area contributed by atoms with Crippen LogP contribution in [-0.4, -0.2) is 14.8 Å². The van der Waals surface area contributed by atoms with E-state index >= 15 is 0 Å². The van der Waals surface area contributed by atoms with Crippen LogP contribution in [0.15, 0.2) is 12.5 Å². The first-order chi connectivity index (χ1) is 6.61. The normalized spacial score (nSPS) is 11.4. The maximum atomic E-state index is 11.5. The lowest BCUT2D eigenvalue weighted by Gasteiger charge is -2.10. The smallest absolute Gasteiger partial charge is 0.292 e. The molecule has 0 unspecified atom stereocenters. The number of nitrogens with zero attached hydrogens (tertiary/aromatic N) is 4. The molecule has 0 amide bonds. The van der Waals surface area contributed by atoms with E-state index in [1.165, 1.54) is 6.33 Å². The van der Waals surface area contributed by atoms with Crippen LogP contribution in [0.3, 0.4) is 0 Å². The third-order valence-corrected chi connectivity index (χ3v) is 2.25. The van der Waals surface area contributed by atoms with Gasteiger partial charge in [-0.15, -0.1) is 0 Å². The number of aromatic nitrogens is 4. The van der Waals surface area contributed by atoms with Gasteiger partial charge in [-0.05, 0) is 4.98 Å². The van der Waals surface area contributed by atoms with E-state index in [1.807, 2.05) is 20.9 Å². The Morgan fingerprint density at radius 1 is 1.50 bits per heavy atom. The number of hydrogen-bond donors (Lipinski definition) is 0. The number of rotatable bonds is 1. The van der Waals surface area contributed by atoms with Crippen LogP contribution in [0.5, 0.6) is 0 Å². The van der Waals surface area contributed by atoms with E-state index in [0.717, 1.165) is 21.5 Å². The van der Waals surface area contributed by atoms with Gasteiger partial charge in [-0.3, -0.25) is 0 Å². The maximum absolute atomic E-state index is 11.5. The second-order valence-corrected chi connectivity index (χ2v) is 3.62. The van der Waals surface area contributed by atoms with Crippen molar-refractivity contribution < 1.29 is 4.73 Å². The fourth-order valence-corrected chi connectivity index (χ4v) is 1.62. The summed E-state index contributed by atoms with van der Waals surface area (Å²) in [5.74, 6) is 0.169. The fourth-order valence-electron chi connectivity index (χ4n) is 1.62. The Labute approximate surface area is 81.6 Å². The van der Waals surface area contributed by atoms with Gasteiger partial charge >= 0.3 is 0 Å². The van der Waals surface area contributed by atoms with Crippen LogP contribution in [0.2, 0.25) is 0 Å². The zero-order chi connectivity index (χ0) is 10.3. The molecule has 0 saturated heterocycles. The second-order valence-electron chi connectivity index (χ2n) is 3.62. The third-order valence-electron chi connectivity index (χ3n) is 2.25. The molecule has 2 rings (SSSR count). The fraction of sp³-hybridized carbons (Fsp3) is 0.444. The molecule has 0 spiro atoms. The van der Waals surface area contributed by atoms with Crippen molar-refractivity contribution in [1.82, 2.24) is 14.8 Å². The van der Waals surface area contributed by atoms with Crippen molar-refractivity contribution in [1.29, 1.82) is 0 Å². The van der Waals surface area contributed by atoms with E-state index in [9.17, 15) is 5.21 Å². The molecule has 5 nitrogen and oxygen atoms in total. The van der Waals surface area contributed by atoms with Crippen molar-refractivity contribution in [3.05, 3.63) is 23.4 Å². The van der Waals surface area contributed by atoms with Gasteiger partial charge in [-0.1, -0.05) is 13.8 Å². The lowest BCUT2D eigenvalue weighted by molar-refractivity contribution is -0.616. The lowest BCUT2D eigenvalue weighted by atomic mass is 10.1. The highest BCUT2D eigenvalue weighted by Crippen LogP contribution is 2.19. The van der Waals surface area contributed by atoms with Crippen molar-refractivity contribution in [2.75, 3.05) is 0 Å². The molecule has 74 valence electrons. The Balaban J connectivity index is 2.83. The van der Waals surface area contributed by atoms with Crippen LogP contribution in [-0.2, 0) is 7.05 Å². The molecule has 0 aliphatic rings. The summed E-state index contributed by atoms with van der Waals surface area (Å²) in [5, 5.41) is 16.4. The SMILES string of the molecule is CC(C)c1c2cnn(C)c2nc[n+]1[O-]. The standard InChI is InChI=1S/C9H12N4O/c1-6(2)8-7-4-11-12(3)9(7)10-5-13(8)14/h4-6H,1-3H3. The minimum Gasteiger partial charge on any atom is -0.711 e. The molecule has 0 aliphatic heterocycles. The van der Waals surface area contributed by atoms with Crippen LogP contribution in [0.4, 0.5) is 0 Å². The van der Waals surface area contributed by atoms with Gasteiger partial charge in [-0.25, -0.2) is 9.41 Å². The number of aryl methyl sites for hydroxylation is 1. The van der Waals surface area contributed by atoms with Crippen LogP contribution in [0, 0.1) is 5.21 Å². The van der Waals surface area contributed by atoms with Crippen molar-refractivity contribution in [2.24, 2.45) is 7.05 Å². The first-order valence-corrected chi connectivity index (χ1v) is 4.51. The molecular formula is C9H12N4O. The predicted octanol–water partition coefficient (Wildman–Crippen LogP) is 0.725. The molecule has 5 heteroatoms. The van der Waals surface area contributed by atoms with E-state index in [4.69, 9.17) is 0 Å². The van der Waals surface area contributed by atoms with Crippen molar-refractivity contribution in [2.45, 2.75) is 19.8 Å². The molecule has 2 aromatic heterocycles. The van der Waals surface area contributed by atoms with E-state index < -0.39 is 0 Å². The quantitative estimate of drug-likeness (QED) is 0.494. The summed E-state index contributed by atoms with van der Waals surface area (Å²) in [5.41, 5.74) is 1.48. The van der Waals surface area contributed by atoms with Crippen LogP contribution in [0.1, 0.15) is 25.5 Å². The summed E-state index contributed by atoms with van der Waals surface area (Å²) >= 11 is 0. The van der Waals surface area contributed by atoms with E-state index in [0.29, 0.717) is 0 Å². The van der Waals surface area contributed by atoms with Gasteiger partial charge in [0.15, 0.2) is 0 Å². The predicted molar refractivity (Wildman–Crippen MR) is 51.6 cm³/mol. The molecule has 0 aliphatic carbocycles. The van der Waals surface area contributed by atoms with Gasteiger partial charge in [0.2, 0.25) is 0 Å². The van der Waals surface area contributed by atoms with E-state index in [-0.39, 0.29) is 5.92 Å². The molecule has 0 radical (unpaired) electrons. The third kappa shape index (κ3) is 1.13. The molecule has 0 saturated carbocycles. The van der Waals surface area contributed by atoms with Crippen LogP contribution in [0.25, 0.3) is 11.0 Å². The van der Waals surface area contributed by atoms with Gasteiger partial charge in [0.1, 0.15) is 11.1 Å². The highest BCUT2D eigenvalue weighted by atomic mass is 16.5. The Kier molecular flexibility index (Phi) is 1.87. The lowest BCUT2D eigenvalue weighted by Crippen LogP contribution is -2.33.